The molecule has 3 aliphatic rings. The maximum absolute atomic E-state index is 13.5. The van der Waals surface area contributed by atoms with Gasteiger partial charge in [-0.05, 0) is 49.9 Å². The third-order valence-corrected chi connectivity index (χ3v) is 6.84. The van der Waals surface area contributed by atoms with Crippen LogP contribution in [0.15, 0.2) is 24.3 Å². The number of hydrogen-bond donors (Lipinski definition) is 1. The number of hydrogen-bond acceptors (Lipinski definition) is 3. The molecule has 2 amide bonds. The topological polar surface area (TPSA) is 52.7 Å². The van der Waals surface area contributed by atoms with Crippen molar-refractivity contribution in [3.05, 3.63) is 34.9 Å². The van der Waals surface area contributed by atoms with Crippen LogP contribution in [0, 0.1) is 11.3 Å². The quantitative estimate of drug-likeness (QED) is 0.846. The predicted octanol–water partition coefficient (Wildman–Crippen LogP) is 2.79. The zero-order valence-electron chi connectivity index (χ0n) is 15.8. The summed E-state index contributed by atoms with van der Waals surface area (Å²) < 4.78 is 0. The average Bonchev–Trinajstić information content (AvgIpc) is 2.98. The van der Waals surface area contributed by atoms with Crippen molar-refractivity contribution in [2.75, 3.05) is 39.3 Å². The maximum Gasteiger partial charge on any atom is 0.253 e. The lowest BCUT2D eigenvalue weighted by atomic mass is 9.67. The van der Waals surface area contributed by atoms with Crippen molar-refractivity contribution < 1.29 is 9.59 Å². The van der Waals surface area contributed by atoms with Gasteiger partial charge in [0.1, 0.15) is 0 Å². The zero-order chi connectivity index (χ0) is 18.9. The first-order valence-corrected chi connectivity index (χ1v) is 10.5. The summed E-state index contributed by atoms with van der Waals surface area (Å²) in [6, 6.07) is 7.10. The van der Waals surface area contributed by atoms with Crippen LogP contribution in [-0.4, -0.2) is 60.9 Å². The van der Waals surface area contributed by atoms with Gasteiger partial charge in [-0.25, -0.2) is 0 Å². The standard InChI is InChI=1S/C21H28ClN3O2/c22-18-7-3-5-16(13-18)19(26)24-9-4-10-25(12-11-24)20(27)21-8-2-1-6-17(21)14-23-15-21/h3,5,7,13,17,23H,1-2,4,6,8-12,14-15H2/t17-,21+/m0/s1. The molecule has 2 heterocycles. The number of rotatable bonds is 2. The Morgan fingerprint density at radius 1 is 1.07 bits per heavy atom. The van der Waals surface area contributed by atoms with Crippen LogP contribution in [0.4, 0.5) is 0 Å². The Kier molecular flexibility index (Phi) is 5.42. The van der Waals surface area contributed by atoms with E-state index in [1.54, 1.807) is 24.3 Å². The van der Waals surface area contributed by atoms with Gasteiger partial charge in [0.15, 0.2) is 0 Å². The van der Waals surface area contributed by atoms with Gasteiger partial charge in [0.05, 0.1) is 5.41 Å². The summed E-state index contributed by atoms with van der Waals surface area (Å²) >= 11 is 6.03. The Morgan fingerprint density at radius 2 is 1.89 bits per heavy atom. The molecule has 1 aromatic carbocycles. The highest BCUT2D eigenvalue weighted by molar-refractivity contribution is 6.30. The number of nitrogens with one attached hydrogen (secondary N) is 1. The molecular weight excluding hydrogens is 362 g/mol. The molecule has 5 nitrogen and oxygen atoms in total. The van der Waals surface area contributed by atoms with Gasteiger partial charge < -0.3 is 15.1 Å². The Bertz CT molecular complexity index is 725. The average molecular weight is 390 g/mol. The largest absolute Gasteiger partial charge is 0.340 e. The number of carbonyl (C=O) groups excluding carboxylic acids is 2. The van der Waals surface area contributed by atoms with E-state index in [2.05, 4.69) is 5.32 Å². The lowest BCUT2D eigenvalue weighted by Crippen LogP contribution is -2.50. The number of amides is 2. The molecule has 146 valence electrons. The minimum absolute atomic E-state index is 0.00281. The Labute approximate surface area is 166 Å². The number of carbonyl (C=O) groups is 2. The first kappa shape index (κ1) is 18.8. The molecule has 0 bridgehead atoms. The minimum atomic E-state index is -0.204. The molecule has 0 spiro atoms. The second-order valence-corrected chi connectivity index (χ2v) is 8.61. The van der Waals surface area contributed by atoms with E-state index in [1.807, 2.05) is 9.80 Å². The van der Waals surface area contributed by atoms with Gasteiger partial charge in [-0.3, -0.25) is 9.59 Å². The van der Waals surface area contributed by atoms with Crippen molar-refractivity contribution in [1.29, 1.82) is 0 Å². The molecule has 0 aromatic heterocycles. The van der Waals surface area contributed by atoms with Crippen molar-refractivity contribution in [3.63, 3.8) is 0 Å². The van der Waals surface area contributed by atoms with Gasteiger partial charge >= 0.3 is 0 Å². The second kappa shape index (κ2) is 7.80. The fourth-order valence-electron chi connectivity index (χ4n) is 5.11. The molecule has 6 heteroatoms. The van der Waals surface area contributed by atoms with Crippen LogP contribution in [0.5, 0.6) is 0 Å². The summed E-state index contributed by atoms with van der Waals surface area (Å²) in [5.74, 6) is 0.795. The molecule has 1 N–H and O–H groups in total. The van der Waals surface area contributed by atoms with Crippen LogP contribution in [0.1, 0.15) is 42.5 Å². The van der Waals surface area contributed by atoms with Gasteiger partial charge in [-0.1, -0.05) is 30.5 Å². The molecule has 4 rings (SSSR count). The number of nitrogens with zero attached hydrogens (tertiary/aromatic N) is 2. The van der Waals surface area contributed by atoms with E-state index < -0.39 is 0 Å². The van der Waals surface area contributed by atoms with Gasteiger partial charge in [-0.2, -0.15) is 0 Å². The molecule has 1 aromatic rings. The molecule has 2 atom stereocenters. The monoisotopic (exact) mass is 389 g/mol. The van der Waals surface area contributed by atoms with E-state index in [0.29, 0.717) is 42.0 Å². The lowest BCUT2D eigenvalue weighted by molar-refractivity contribution is -0.145. The van der Waals surface area contributed by atoms with Crippen LogP contribution >= 0.6 is 11.6 Å². The van der Waals surface area contributed by atoms with E-state index in [1.165, 1.54) is 6.42 Å². The normalized spacial score (nSPS) is 28.6. The van der Waals surface area contributed by atoms with Crippen molar-refractivity contribution >= 4 is 23.4 Å². The molecule has 2 saturated heterocycles. The summed E-state index contributed by atoms with van der Waals surface area (Å²) in [6.45, 7) is 4.43. The van der Waals surface area contributed by atoms with Crippen molar-refractivity contribution in [3.8, 4) is 0 Å². The van der Waals surface area contributed by atoms with Crippen LogP contribution < -0.4 is 5.32 Å². The van der Waals surface area contributed by atoms with E-state index >= 15 is 0 Å². The first-order valence-electron chi connectivity index (χ1n) is 10.2. The highest BCUT2D eigenvalue weighted by Crippen LogP contribution is 2.45. The third kappa shape index (κ3) is 3.59. The SMILES string of the molecule is O=C(c1cccc(Cl)c1)N1CCCN(C(=O)[C@@]23CCCC[C@H]2CNC3)CC1. The van der Waals surface area contributed by atoms with E-state index in [4.69, 9.17) is 11.6 Å². The summed E-state index contributed by atoms with van der Waals surface area (Å²) in [7, 11) is 0. The van der Waals surface area contributed by atoms with Gasteiger partial charge in [0.25, 0.3) is 5.91 Å². The lowest BCUT2D eigenvalue weighted by Gasteiger charge is -2.40. The summed E-state index contributed by atoms with van der Waals surface area (Å²) in [4.78, 5) is 30.2. The van der Waals surface area contributed by atoms with Crippen LogP contribution in [0.3, 0.4) is 0 Å². The number of benzene rings is 1. The van der Waals surface area contributed by atoms with E-state index in [9.17, 15) is 9.59 Å². The van der Waals surface area contributed by atoms with Gasteiger partial charge in [-0.15, -0.1) is 0 Å². The highest BCUT2D eigenvalue weighted by atomic mass is 35.5. The van der Waals surface area contributed by atoms with E-state index in [0.717, 1.165) is 45.3 Å². The number of fused-ring (bicyclic) bond motifs is 1. The minimum Gasteiger partial charge on any atom is -0.340 e. The van der Waals surface area contributed by atoms with Crippen molar-refractivity contribution in [2.24, 2.45) is 11.3 Å². The molecule has 1 aliphatic carbocycles. The first-order chi connectivity index (χ1) is 13.1. The molecule has 0 radical (unpaired) electrons. The second-order valence-electron chi connectivity index (χ2n) is 8.18. The van der Waals surface area contributed by atoms with Crippen LogP contribution in [-0.2, 0) is 4.79 Å². The van der Waals surface area contributed by atoms with E-state index in [-0.39, 0.29) is 11.3 Å². The fourth-order valence-corrected chi connectivity index (χ4v) is 5.30. The predicted molar refractivity (Wildman–Crippen MR) is 106 cm³/mol. The smallest absolute Gasteiger partial charge is 0.253 e. The van der Waals surface area contributed by atoms with Crippen LogP contribution in [0.2, 0.25) is 5.02 Å². The maximum atomic E-state index is 13.5. The fraction of sp³-hybridized carbons (Fsp3) is 0.619. The summed E-state index contributed by atoms with van der Waals surface area (Å²) in [5.41, 5.74) is 0.415. The Morgan fingerprint density at radius 3 is 2.74 bits per heavy atom. The van der Waals surface area contributed by atoms with Gasteiger partial charge in [0.2, 0.25) is 5.91 Å². The molecule has 27 heavy (non-hydrogen) atoms. The summed E-state index contributed by atoms with van der Waals surface area (Å²) in [6.07, 6.45) is 5.38. The highest BCUT2D eigenvalue weighted by Gasteiger charge is 2.51. The van der Waals surface area contributed by atoms with Gasteiger partial charge in [0, 0.05) is 43.3 Å². The molecule has 3 fully saturated rings. The zero-order valence-corrected chi connectivity index (χ0v) is 16.5. The van der Waals surface area contributed by atoms with Crippen molar-refractivity contribution in [2.45, 2.75) is 32.1 Å². The number of halogens is 1. The molecular formula is C21H28ClN3O2. The Hall–Kier alpha value is -1.59. The Balaban J connectivity index is 1.44. The summed E-state index contributed by atoms with van der Waals surface area (Å²) in [5, 5.41) is 4.04. The molecule has 0 unspecified atom stereocenters. The molecule has 2 aliphatic heterocycles. The molecule has 1 saturated carbocycles. The third-order valence-electron chi connectivity index (χ3n) is 6.61. The van der Waals surface area contributed by atoms with Crippen molar-refractivity contribution in [1.82, 2.24) is 15.1 Å². The van der Waals surface area contributed by atoms with Crippen LogP contribution in [0.25, 0.3) is 0 Å².